The molecule has 4 aromatic rings. The molecule has 2 heterocycles. The van der Waals surface area contributed by atoms with E-state index in [1.807, 2.05) is 30.3 Å². The van der Waals surface area contributed by atoms with Crippen molar-refractivity contribution in [2.24, 2.45) is 0 Å². The molecule has 4 rings (SSSR count). The minimum atomic E-state index is 0.292. The molecule has 37 heavy (non-hydrogen) atoms. The molecule has 0 radical (unpaired) electrons. The molecule has 0 aliphatic heterocycles. The molecule has 0 unspecified atom stereocenters. The minimum absolute atomic E-state index is 0.292. The van der Waals surface area contributed by atoms with Gasteiger partial charge in [-0.2, -0.15) is 0 Å². The number of benzene rings is 2. The van der Waals surface area contributed by atoms with Crippen LogP contribution in [0.1, 0.15) is 18.9 Å². The summed E-state index contributed by atoms with van der Waals surface area (Å²) in [4.78, 5) is 9.35. The zero-order chi connectivity index (χ0) is 26.2. The van der Waals surface area contributed by atoms with Crippen molar-refractivity contribution in [2.45, 2.75) is 25.0 Å². The van der Waals surface area contributed by atoms with Crippen LogP contribution in [-0.4, -0.2) is 57.2 Å². The van der Waals surface area contributed by atoms with Gasteiger partial charge in [0.25, 0.3) is 0 Å². The maximum Gasteiger partial charge on any atom is 0.203 e. The summed E-state index contributed by atoms with van der Waals surface area (Å²) in [6, 6.07) is 13.5. The highest BCUT2D eigenvalue weighted by Crippen LogP contribution is 2.39. The Kier molecular flexibility index (Phi) is 8.80. The number of aromatic nitrogens is 5. The molecular formula is C24H28N8O3S2. The van der Waals surface area contributed by atoms with Gasteiger partial charge in [-0.15, -0.1) is 5.10 Å². The second kappa shape index (κ2) is 12.4. The number of thioether (sulfide) groups is 1. The fourth-order valence-electron chi connectivity index (χ4n) is 3.48. The highest BCUT2D eigenvalue weighted by atomic mass is 32.2. The summed E-state index contributed by atoms with van der Waals surface area (Å²) >= 11 is 7.05. The number of nitrogens with zero attached hydrogens (tertiary/aromatic N) is 5. The molecule has 2 aromatic carbocycles. The van der Waals surface area contributed by atoms with Crippen LogP contribution in [0.2, 0.25) is 0 Å². The first-order valence-electron chi connectivity index (χ1n) is 11.5. The van der Waals surface area contributed by atoms with Crippen molar-refractivity contribution in [1.82, 2.24) is 30.4 Å². The van der Waals surface area contributed by atoms with Crippen molar-refractivity contribution < 1.29 is 14.2 Å². The quantitative estimate of drug-likeness (QED) is 0.110. The van der Waals surface area contributed by atoms with Crippen LogP contribution in [-0.2, 0) is 6.54 Å². The third kappa shape index (κ3) is 6.30. The predicted molar refractivity (Wildman–Crippen MR) is 149 cm³/mol. The first kappa shape index (κ1) is 26.2. The minimum Gasteiger partial charge on any atom is -0.493 e. The van der Waals surface area contributed by atoms with E-state index in [0.29, 0.717) is 56.7 Å². The monoisotopic (exact) mass is 540 g/mol. The van der Waals surface area contributed by atoms with Gasteiger partial charge >= 0.3 is 0 Å². The average molecular weight is 541 g/mol. The molecule has 0 atom stereocenters. The van der Waals surface area contributed by atoms with Gasteiger partial charge in [-0.1, -0.05) is 54.2 Å². The number of nitrogens with one attached hydrogen (secondary N) is 3. The molecule has 0 aliphatic carbocycles. The number of hydrogen-bond donors (Lipinski definition) is 3. The summed E-state index contributed by atoms with van der Waals surface area (Å²) in [6.45, 7) is 2.65. The number of methoxy groups -OCH3 is 3. The van der Waals surface area contributed by atoms with Gasteiger partial charge in [-0.25, -0.2) is 14.6 Å². The van der Waals surface area contributed by atoms with Crippen LogP contribution in [0.3, 0.4) is 0 Å². The molecule has 2 aromatic heterocycles. The number of thiocarbonyl (C=S) groups is 1. The Hall–Kier alpha value is -3.84. The molecule has 0 saturated heterocycles. The zero-order valence-electron chi connectivity index (χ0n) is 20.9. The van der Waals surface area contributed by atoms with E-state index in [4.69, 9.17) is 31.4 Å². The Morgan fingerprint density at radius 3 is 2.41 bits per heavy atom. The van der Waals surface area contributed by atoms with Gasteiger partial charge in [-0.3, -0.25) is 10.9 Å². The van der Waals surface area contributed by atoms with Crippen LogP contribution in [0.5, 0.6) is 17.2 Å². The van der Waals surface area contributed by atoms with E-state index in [9.17, 15) is 0 Å². The lowest BCUT2D eigenvalue weighted by Crippen LogP contribution is -2.34. The lowest BCUT2D eigenvalue weighted by molar-refractivity contribution is 0.324. The van der Waals surface area contributed by atoms with Crippen LogP contribution in [0.4, 0.5) is 11.5 Å². The highest BCUT2D eigenvalue weighted by Gasteiger charge is 2.17. The molecular weight excluding hydrogens is 512 g/mol. The zero-order valence-corrected chi connectivity index (χ0v) is 22.6. The molecule has 194 valence electrons. The van der Waals surface area contributed by atoms with E-state index in [1.165, 1.54) is 0 Å². The molecule has 11 nitrogen and oxygen atoms in total. The largest absolute Gasteiger partial charge is 0.493 e. The normalized spacial score (nSPS) is 10.7. The number of hydrazine groups is 1. The number of fused-ring (bicyclic) bond motifs is 1. The van der Waals surface area contributed by atoms with Crippen LogP contribution < -0.4 is 30.4 Å². The smallest absolute Gasteiger partial charge is 0.203 e. The Balaban J connectivity index is 1.54. The molecule has 0 bridgehead atoms. The second-order valence-corrected chi connectivity index (χ2v) is 9.20. The molecule has 3 N–H and O–H groups in total. The van der Waals surface area contributed by atoms with Crippen molar-refractivity contribution in [1.29, 1.82) is 0 Å². The lowest BCUT2D eigenvalue weighted by Gasteiger charge is -2.16. The third-order valence-electron chi connectivity index (χ3n) is 5.17. The van der Waals surface area contributed by atoms with Gasteiger partial charge in [0.1, 0.15) is 0 Å². The van der Waals surface area contributed by atoms with Crippen molar-refractivity contribution >= 4 is 51.8 Å². The van der Waals surface area contributed by atoms with E-state index < -0.39 is 0 Å². The van der Waals surface area contributed by atoms with Gasteiger partial charge in [0.05, 0.1) is 27.9 Å². The Morgan fingerprint density at radius 2 is 1.76 bits per heavy atom. The number of hydrogen-bond acceptors (Lipinski definition) is 10. The highest BCUT2D eigenvalue weighted by molar-refractivity contribution is 7.99. The van der Waals surface area contributed by atoms with Crippen molar-refractivity contribution in [3.05, 3.63) is 48.0 Å². The number of ether oxygens (including phenoxy) is 3. The first-order chi connectivity index (χ1) is 18.1. The van der Waals surface area contributed by atoms with Crippen LogP contribution in [0.15, 0.2) is 47.6 Å². The lowest BCUT2D eigenvalue weighted by atomic mass is 10.2. The summed E-state index contributed by atoms with van der Waals surface area (Å²) in [5.41, 5.74) is 8.93. The van der Waals surface area contributed by atoms with Crippen LogP contribution >= 0.6 is 24.0 Å². The summed E-state index contributed by atoms with van der Waals surface area (Å²) in [6.07, 6.45) is 0.997. The third-order valence-corrected chi connectivity index (χ3v) is 6.43. The average Bonchev–Trinajstić information content (AvgIpc) is 3.32. The molecule has 0 amide bonds. The number of anilines is 2. The van der Waals surface area contributed by atoms with Gasteiger partial charge in [0.2, 0.25) is 5.75 Å². The van der Waals surface area contributed by atoms with Crippen molar-refractivity contribution in [3.63, 3.8) is 0 Å². The molecule has 0 saturated carbocycles. The summed E-state index contributed by atoms with van der Waals surface area (Å²) < 4.78 is 18.0. The van der Waals surface area contributed by atoms with E-state index in [1.54, 1.807) is 49.9 Å². The topological polar surface area (TPSA) is 120 Å². The van der Waals surface area contributed by atoms with Gasteiger partial charge < -0.3 is 19.5 Å². The van der Waals surface area contributed by atoms with Crippen molar-refractivity contribution in [2.75, 3.05) is 37.8 Å². The first-order valence-corrected chi connectivity index (χ1v) is 12.9. The Morgan fingerprint density at radius 1 is 1.03 bits per heavy atom. The fourth-order valence-corrected chi connectivity index (χ4v) is 4.34. The molecule has 13 heteroatoms. The standard InChI is InChI=1S/C24H28N8O3S2/c1-5-11-37-24-26-21(19-22(27-24)32(31-28-19)14-15-9-7-6-8-10-15)29-30-23(36)25-16-12-17(33-2)20(35-4)18(13-16)34-3/h6-10,12-13H,5,11,14H2,1-4H3,(H2,25,30,36)(H,26,27,29). The van der Waals surface area contributed by atoms with Crippen LogP contribution in [0.25, 0.3) is 11.2 Å². The van der Waals surface area contributed by atoms with Crippen molar-refractivity contribution in [3.8, 4) is 17.2 Å². The molecule has 0 aliphatic rings. The molecule has 0 fully saturated rings. The maximum atomic E-state index is 5.49. The SMILES string of the molecule is CCCSc1nc(NNC(=S)Nc2cc(OC)c(OC)c(OC)c2)c2nnn(Cc3ccccc3)c2n1. The fraction of sp³-hybridized carbons (Fsp3) is 0.292. The van der Waals surface area contributed by atoms with Gasteiger partial charge in [-0.05, 0) is 24.2 Å². The van der Waals surface area contributed by atoms with Gasteiger partial charge in [0, 0.05) is 23.6 Å². The number of rotatable bonds is 11. The summed E-state index contributed by atoms with van der Waals surface area (Å²) in [5.74, 6) is 2.86. The molecule has 0 spiro atoms. The van der Waals surface area contributed by atoms with E-state index in [-0.39, 0.29) is 0 Å². The van der Waals surface area contributed by atoms with Crippen LogP contribution in [0, 0.1) is 0 Å². The van der Waals surface area contributed by atoms with E-state index in [0.717, 1.165) is 17.7 Å². The summed E-state index contributed by atoms with van der Waals surface area (Å²) in [7, 11) is 4.66. The predicted octanol–water partition coefficient (Wildman–Crippen LogP) is 4.11. The maximum absolute atomic E-state index is 5.49. The summed E-state index contributed by atoms with van der Waals surface area (Å²) in [5, 5.41) is 12.7. The van der Waals surface area contributed by atoms with E-state index >= 15 is 0 Å². The Bertz CT molecular complexity index is 1340. The second-order valence-electron chi connectivity index (χ2n) is 7.73. The van der Waals surface area contributed by atoms with E-state index in [2.05, 4.69) is 38.4 Å². The Labute approximate surface area is 224 Å². The van der Waals surface area contributed by atoms with Gasteiger partial charge in [0.15, 0.2) is 38.7 Å².